The van der Waals surface area contributed by atoms with Gasteiger partial charge in [0.25, 0.3) is 0 Å². The van der Waals surface area contributed by atoms with Gasteiger partial charge in [0.05, 0.1) is 13.0 Å². The number of carbonyl (C=O) groups is 2. The molecule has 0 aromatic heterocycles. The van der Waals surface area contributed by atoms with E-state index in [-0.39, 0.29) is 24.7 Å². The molecule has 5 heteroatoms. The van der Waals surface area contributed by atoms with Crippen LogP contribution in [0.5, 0.6) is 0 Å². The normalized spacial score (nSPS) is 9.84. The molecule has 0 aliphatic heterocycles. The number of hydrogen-bond acceptors (Lipinski definition) is 4. The zero-order valence-corrected chi connectivity index (χ0v) is 11.6. The summed E-state index contributed by atoms with van der Waals surface area (Å²) in [6.45, 7) is 2.08. The van der Waals surface area contributed by atoms with Crippen molar-refractivity contribution in [1.82, 2.24) is 0 Å². The summed E-state index contributed by atoms with van der Waals surface area (Å²) in [5.41, 5.74) is 1.78. The van der Waals surface area contributed by atoms with E-state index in [4.69, 9.17) is 4.74 Å². The van der Waals surface area contributed by atoms with Gasteiger partial charge in [0.15, 0.2) is 0 Å². The third-order valence-electron chi connectivity index (χ3n) is 2.53. The number of benzene rings is 1. The quantitative estimate of drug-likeness (QED) is 0.799. The molecule has 0 radical (unpaired) electrons. The Hall–Kier alpha value is -2.04. The van der Waals surface area contributed by atoms with Gasteiger partial charge in [-0.05, 0) is 31.2 Å². The minimum absolute atomic E-state index is 0.107. The summed E-state index contributed by atoms with van der Waals surface area (Å²) in [5, 5.41) is 2.74. The number of hydrogen-bond donors (Lipinski definition) is 1. The molecule has 0 aliphatic carbocycles. The Morgan fingerprint density at radius 3 is 2.32 bits per heavy atom. The van der Waals surface area contributed by atoms with E-state index in [9.17, 15) is 9.59 Å². The number of amides is 1. The molecule has 1 rings (SSSR count). The molecule has 1 aromatic rings. The van der Waals surface area contributed by atoms with Crippen LogP contribution >= 0.6 is 0 Å². The van der Waals surface area contributed by atoms with E-state index >= 15 is 0 Å². The van der Waals surface area contributed by atoms with Crippen LogP contribution < -0.4 is 10.2 Å². The first-order valence-corrected chi connectivity index (χ1v) is 6.25. The van der Waals surface area contributed by atoms with Gasteiger partial charge in [-0.2, -0.15) is 0 Å². The molecular weight excluding hydrogens is 244 g/mol. The van der Waals surface area contributed by atoms with Gasteiger partial charge in [0.1, 0.15) is 0 Å². The van der Waals surface area contributed by atoms with Gasteiger partial charge in [0, 0.05) is 31.9 Å². The van der Waals surface area contributed by atoms with E-state index in [1.807, 2.05) is 43.3 Å². The molecule has 0 bridgehead atoms. The number of nitrogens with one attached hydrogen (secondary N) is 1. The number of rotatable bonds is 6. The maximum Gasteiger partial charge on any atom is 0.306 e. The highest BCUT2D eigenvalue weighted by Gasteiger charge is 2.07. The van der Waals surface area contributed by atoms with Crippen LogP contribution in [0.2, 0.25) is 0 Å². The molecule has 0 spiro atoms. The van der Waals surface area contributed by atoms with Crippen LogP contribution in [0.25, 0.3) is 0 Å². The van der Waals surface area contributed by atoms with Crippen molar-refractivity contribution in [3.63, 3.8) is 0 Å². The maximum atomic E-state index is 11.6. The van der Waals surface area contributed by atoms with Gasteiger partial charge in [-0.3, -0.25) is 9.59 Å². The fraction of sp³-hybridized carbons (Fsp3) is 0.429. The lowest BCUT2D eigenvalue weighted by Crippen LogP contribution is -2.14. The Morgan fingerprint density at radius 1 is 1.16 bits per heavy atom. The lowest BCUT2D eigenvalue weighted by molar-refractivity contribution is -0.144. The van der Waals surface area contributed by atoms with Crippen molar-refractivity contribution in [3.8, 4) is 0 Å². The number of carbonyl (C=O) groups excluding carboxylic acids is 2. The molecule has 0 atom stereocenters. The smallest absolute Gasteiger partial charge is 0.306 e. The second kappa shape index (κ2) is 7.41. The monoisotopic (exact) mass is 264 g/mol. The van der Waals surface area contributed by atoms with Crippen molar-refractivity contribution in [3.05, 3.63) is 24.3 Å². The van der Waals surface area contributed by atoms with Crippen LogP contribution in [-0.2, 0) is 14.3 Å². The Bertz CT molecular complexity index is 427. The first kappa shape index (κ1) is 15.0. The van der Waals surface area contributed by atoms with E-state index < -0.39 is 0 Å². The minimum atomic E-state index is -0.347. The van der Waals surface area contributed by atoms with Crippen LogP contribution in [0, 0.1) is 0 Å². The van der Waals surface area contributed by atoms with Crippen molar-refractivity contribution in [1.29, 1.82) is 0 Å². The molecule has 0 unspecified atom stereocenters. The summed E-state index contributed by atoms with van der Waals surface area (Å²) in [7, 11) is 3.90. The second-order valence-corrected chi connectivity index (χ2v) is 4.29. The van der Waals surface area contributed by atoms with E-state index in [0.29, 0.717) is 6.61 Å². The minimum Gasteiger partial charge on any atom is -0.466 e. The predicted octanol–water partition coefficient (Wildman–Crippen LogP) is 2.03. The number of anilines is 2. The third-order valence-corrected chi connectivity index (χ3v) is 2.53. The summed E-state index contributed by atoms with van der Waals surface area (Å²) in [6.07, 6.45) is 0.240. The molecule has 1 aromatic carbocycles. The van der Waals surface area contributed by atoms with E-state index in [2.05, 4.69) is 5.32 Å². The SMILES string of the molecule is CCOC(=O)CCC(=O)Nc1ccc(N(C)C)cc1. The molecule has 0 aliphatic rings. The maximum absolute atomic E-state index is 11.6. The Labute approximate surface area is 113 Å². The molecule has 1 amide bonds. The predicted molar refractivity (Wildman–Crippen MR) is 75.3 cm³/mol. The second-order valence-electron chi connectivity index (χ2n) is 4.29. The van der Waals surface area contributed by atoms with Crippen LogP contribution in [0.4, 0.5) is 11.4 Å². The Balaban J connectivity index is 2.42. The van der Waals surface area contributed by atoms with Crippen LogP contribution in [0.15, 0.2) is 24.3 Å². The molecule has 19 heavy (non-hydrogen) atoms. The van der Waals surface area contributed by atoms with Crippen molar-refractivity contribution in [2.24, 2.45) is 0 Å². The molecule has 0 fully saturated rings. The topological polar surface area (TPSA) is 58.6 Å². The molecule has 0 saturated carbocycles. The van der Waals surface area contributed by atoms with Gasteiger partial charge in [-0.15, -0.1) is 0 Å². The van der Waals surface area contributed by atoms with Gasteiger partial charge < -0.3 is 15.0 Å². The van der Waals surface area contributed by atoms with Crippen molar-refractivity contribution in [2.45, 2.75) is 19.8 Å². The summed E-state index contributed by atoms with van der Waals surface area (Å²) in [6, 6.07) is 7.50. The average Bonchev–Trinajstić information content (AvgIpc) is 2.37. The fourth-order valence-electron chi connectivity index (χ4n) is 1.52. The highest BCUT2D eigenvalue weighted by atomic mass is 16.5. The van der Waals surface area contributed by atoms with Gasteiger partial charge in [-0.25, -0.2) is 0 Å². The fourth-order valence-corrected chi connectivity index (χ4v) is 1.52. The molecule has 5 nitrogen and oxygen atoms in total. The van der Waals surface area contributed by atoms with Gasteiger partial charge >= 0.3 is 5.97 Å². The number of esters is 1. The summed E-state index contributed by atoms with van der Waals surface area (Å²) >= 11 is 0. The zero-order valence-electron chi connectivity index (χ0n) is 11.6. The first-order valence-electron chi connectivity index (χ1n) is 6.25. The summed E-state index contributed by atoms with van der Waals surface area (Å²) in [4.78, 5) is 24.7. The van der Waals surface area contributed by atoms with E-state index in [1.165, 1.54) is 0 Å². The molecular formula is C14H20N2O3. The van der Waals surface area contributed by atoms with Crippen molar-refractivity contribution < 1.29 is 14.3 Å². The number of nitrogens with zero attached hydrogens (tertiary/aromatic N) is 1. The summed E-state index contributed by atoms with van der Waals surface area (Å²) < 4.78 is 4.76. The Morgan fingerprint density at radius 2 is 1.79 bits per heavy atom. The lowest BCUT2D eigenvalue weighted by Gasteiger charge is -2.13. The Kier molecular flexibility index (Phi) is 5.85. The van der Waals surface area contributed by atoms with Crippen LogP contribution in [0.1, 0.15) is 19.8 Å². The highest BCUT2D eigenvalue weighted by Crippen LogP contribution is 2.15. The zero-order chi connectivity index (χ0) is 14.3. The standard InChI is InChI=1S/C14H20N2O3/c1-4-19-14(18)10-9-13(17)15-11-5-7-12(8-6-11)16(2)3/h5-8H,4,9-10H2,1-3H3,(H,15,17). The summed E-state index contributed by atoms with van der Waals surface area (Å²) in [5.74, 6) is -0.536. The molecule has 1 N–H and O–H groups in total. The van der Waals surface area contributed by atoms with E-state index in [0.717, 1.165) is 11.4 Å². The van der Waals surface area contributed by atoms with Gasteiger partial charge in [-0.1, -0.05) is 0 Å². The number of ether oxygens (including phenoxy) is 1. The van der Waals surface area contributed by atoms with Crippen LogP contribution in [0.3, 0.4) is 0 Å². The first-order chi connectivity index (χ1) is 9.02. The van der Waals surface area contributed by atoms with Crippen LogP contribution in [-0.4, -0.2) is 32.6 Å². The van der Waals surface area contributed by atoms with Crippen molar-refractivity contribution >= 4 is 23.3 Å². The van der Waals surface area contributed by atoms with Crippen molar-refractivity contribution in [2.75, 3.05) is 30.9 Å². The average molecular weight is 264 g/mol. The van der Waals surface area contributed by atoms with Gasteiger partial charge in [0.2, 0.25) is 5.91 Å². The lowest BCUT2D eigenvalue weighted by atomic mass is 10.2. The highest BCUT2D eigenvalue weighted by molar-refractivity contribution is 5.92. The van der Waals surface area contributed by atoms with E-state index in [1.54, 1.807) is 6.92 Å². The molecule has 0 heterocycles. The third kappa shape index (κ3) is 5.42. The molecule has 104 valence electrons. The molecule has 0 saturated heterocycles. The largest absolute Gasteiger partial charge is 0.466 e.